The molecule has 4 N–H and O–H groups in total. The van der Waals surface area contributed by atoms with Crippen molar-refractivity contribution in [2.45, 2.75) is 19.4 Å². The van der Waals surface area contributed by atoms with Crippen LogP contribution >= 0.6 is 0 Å². The number of amides is 2. The van der Waals surface area contributed by atoms with Crippen LogP contribution in [-0.2, 0) is 9.59 Å². The molecule has 2 rings (SSSR count). The molecule has 0 spiro atoms. The van der Waals surface area contributed by atoms with Crippen LogP contribution in [-0.4, -0.2) is 48.5 Å². The zero-order chi connectivity index (χ0) is 15.6. The van der Waals surface area contributed by atoms with Crippen molar-refractivity contribution in [2.75, 3.05) is 0 Å². The lowest BCUT2D eigenvalue weighted by Crippen LogP contribution is -2.43. The van der Waals surface area contributed by atoms with E-state index in [1.807, 2.05) is 0 Å². The van der Waals surface area contributed by atoms with Crippen LogP contribution in [0.3, 0.4) is 0 Å². The quantitative estimate of drug-likeness (QED) is 0.605. The highest BCUT2D eigenvalue weighted by molar-refractivity contribution is 5.98. The standard InChI is InChI=1S/C11H12N6O4/c1-5-6(3-13-11-14-4-15-17(5)11)9(19)16-7(10(20)21)2-8(12)18/h3-4,7H,2H2,1H3,(H2,12,18)(H,16,19)(H,20,21)/t7-/m0/s1. The van der Waals surface area contributed by atoms with Crippen molar-refractivity contribution in [2.24, 2.45) is 5.73 Å². The van der Waals surface area contributed by atoms with Gasteiger partial charge < -0.3 is 16.2 Å². The average molecular weight is 292 g/mol. The average Bonchev–Trinajstić information content (AvgIpc) is 2.86. The first kappa shape index (κ1) is 14.4. The topological polar surface area (TPSA) is 153 Å². The number of nitrogens with zero attached hydrogens (tertiary/aromatic N) is 4. The van der Waals surface area contributed by atoms with Gasteiger partial charge in [0.05, 0.1) is 17.7 Å². The lowest BCUT2D eigenvalue weighted by molar-refractivity contribution is -0.140. The predicted octanol–water partition coefficient (Wildman–Crippen LogP) is -1.51. The van der Waals surface area contributed by atoms with E-state index in [4.69, 9.17) is 10.8 Å². The molecule has 10 heteroatoms. The van der Waals surface area contributed by atoms with Crippen LogP contribution in [0.4, 0.5) is 0 Å². The first-order valence-electron chi connectivity index (χ1n) is 5.87. The summed E-state index contributed by atoms with van der Waals surface area (Å²) in [6.45, 7) is 1.61. The van der Waals surface area contributed by atoms with Crippen LogP contribution in [0, 0.1) is 6.92 Å². The lowest BCUT2D eigenvalue weighted by Gasteiger charge is -2.13. The molecule has 2 heterocycles. The Labute approximate surface area is 118 Å². The molecule has 1 atom stereocenters. The van der Waals surface area contributed by atoms with Crippen LogP contribution in [0.1, 0.15) is 22.5 Å². The van der Waals surface area contributed by atoms with Crippen molar-refractivity contribution in [3.05, 3.63) is 23.8 Å². The Bertz CT molecular complexity index is 725. The number of nitrogens with two attached hydrogens (primary N) is 1. The first-order valence-corrected chi connectivity index (χ1v) is 5.87. The molecule has 0 aliphatic rings. The maximum absolute atomic E-state index is 12.1. The second-order valence-electron chi connectivity index (χ2n) is 4.26. The molecule has 0 saturated heterocycles. The summed E-state index contributed by atoms with van der Waals surface area (Å²) in [4.78, 5) is 41.7. The van der Waals surface area contributed by atoms with Crippen molar-refractivity contribution >= 4 is 23.6 Å². The molecule has 0 aromatic carbocycles. The second kappa shape index (κ2) is 5.53. The van der Waals surface area contributed by atoms with Crippen LogP contribution in [0.5, 0.6) is 0 Å². The number of hydrogen-bond donors (Lipinski definition) is 3. The van der Waals surface area contributed by atoms with Gasteiger partial charge >= 0.3 is 5.97 Å². The molecule has 0 aliphatic heterocycles. The van der Waals surface area contributed by atoms with E-state index in [1.54, 1.807) is 6.92 Å². The van der Waals surface area contributed by atoms with Crippen LogP contribution in [0.2, 0.25) is 0 Å². The van der Waals surface area contributed by atoms with Gasteiger partial charge in [-0.3, -0.25) is 9.59 Å². The van der Waals surface area contributed by atoms with E-state index in [0.29, 0.717) is 11.5 Å². The van der Waals surface area contributed by atoms with Gasteiger partial charge in [-0.15, -0.1) is 0 Å². The normalized spacial score (nSPS) is 12.0. The zero-order valence-corrected chi connectivity index (χ0v) is 11.0. The van der Waals surface area contributed by atoms with Crippen molar-refractivity contribution in [3.8, 4) is 0 Å². The number of carbonyl (C=O) groups excluding carboxylic acids is 2. The Morgan fingerprint density at radius 1 is 1.43 bits per heavy atom. The minimum Gasteiger partial charge on any atom is -0.480 e. The molecular formula is C11H12N6O4. The van der Waals surface area contributed by atoms with Crippen molar-refractivity contribution in [1.82, 2.24) is 24.9 Å². The Morgan fingerprint density at radius 2 is 2.14 bits per heavy atom. The van der Waals surface area contributed by atoms with E-state index in [2.05, 4.69) is 20.4 Å². The van der Waals surface area contributed by atoms with E-state index in [1.165, 1.54) is 17.0 Å². The summed E-state index contributed by atoms with van der Waals surface area (Å²) in [5, 5.41) is 15.1. The number of carboxylic acids is 1. The van der Waals surface area contributed by atoms with Crippen molar-refractivity contribution in [1.29, 1.82) is 0 Å². The molecule has 0 aliphatic carbocycles. The second-order valence-corrected chi connectivity index (χ2v) is 4.26. The third-order valence-electron chi connectivity index (χ3n) is 2.80. The number of fused-ring (bicyclic) bond motifs is 1. The number of carboxylic acid groups (broad SMARTS) is 1. The monoisotopic (exact) mass is 292 g/mol. The minimum atomic E-state index is -1.40. The summed E-state index contributed by atoms with van der Waals surface area (Å²) in [6.07, 6.45) is 2.04. The van der Waals surface area contributed by atoms with Gasteiger partial charge in [-0.25, -0.2) is 14.3 Å². The summed E-state index contributed by atoms with van der Waals surface area (Å²) in [5.74, 6) is -2.55. The third-order valence-corrected chi connectivity index (χ3v) is 2.80. The van der Waals surface area contributed by atoms with Crippen molar-refractivity contribution < 1.29 is 19.5 Å². The summed E-state index contributed by atoms with van der Waals surface area (Å²) >= 11 is 0. The molecule has 0 radical (unpaired) electrons. The molecule has 10 nitrogen and oxygen atoms in total. The Balaban J connectivity index is 2.26. The highest BCUT2D eigenvalue weighted by Crippen LogP contribution is 2.08. The summed E-state index contributed by atoms with van der Waals surface area (Å²) in [6, 6.07) is -1.40. The third kappa shape index (κ3) is 2.94. The van der Waals surface area contributed by atoms with Crippen molar-refractivity contribution in [3.63, 3.8) is 0 Å². The van der Waals surface area contributed by atoms with Gasteiger partial charge in [0.1, 0.15) is 12.4 Å². The molecule has 0 fully saturated rings. The van der Waals surface area contributed by atoms with E-state index in [0.717, 1.165) is 0 Å². The molecule has 0 unspecified atom stereocenters. The SMILES string of the molecule is Cc1c(C(=O)N[C@@H](CC(N)=O)C(=O)O)cnc2ncnn12. The number of primary amides is 1. The summed E-state index contributed by atoms with van der Waals surface area (Å²) < 4.78 is 1.35. The Hall–Kier alpha value is -3.04. The molecule has 21 heavy (non-hydrogen) atoms. The minimum absolute atomic E-state index is 0.128. The van der Waals surface area contributed by atoms with E-state index >= 15 is 0 Å². The highest BCUT2D eigenvalue weighted by atomic mass is 16.4. The van der Waals surface area contributed by atoms with Crippen LogP contribution in [0.25, 0.3) is 5.78 Å². The maximum Gasteiger partial charge on any atom is 0.326 e. The fourth-order valence-electron chi connectivity index (χ4n) is 1.75. The van der Waals surface area contributed by atoms with E-state index < -0.39 is 30.2 Å². The molecule has 2 aromatic rings. The number of aliphatic carboxylic acids is 1. The number of carbonyl (C=O) groups is 3. The fourth-order valence-corrected chi connectivity index (χ4v) is 1.75. The van der Waals surface area contributed by atoms with Gasteiger partial charge in [0.25, 0.3) is 11.7 Å². The number of nitrogens with one attached hydrogen (secondary N) is 1. The van der Waals surface area contributed by atoms with E-state index in [9.17, 15) is 14.4 Å². The number of hydrogen-bond acceptors (Lipinski definition) is 6. The smallest absolute Gasteiger partial charge is 0.326 e. The number of aromatic nitrogens is 4. The zero-order valence-electron chi connectivity index (χ0n) is 11.0. The first-order chi connectivity index (χ1) is 9.90. The largest absolute Gasteiger partial charge is 0.480 e. The summed E-state index contributed by atoms with van der Waals surface area (Å²) in [7, 11) is 0. The predicted molar refractivity (Wildman–Crippen MR) is 68.2 cm³/mol. The molecular weight excluding hydrogens is 280 g/mol. The van der Waals surface area contributed by atoms with E-state index in [-0.39, 0.29) is 5.56 Å². The van der Waals surface area contributed by atoms with Crippen LogP contribution < -0.4 is 11.1 Å². The molecule has 0 bridgehead atoms. The lowest BCUT2D eigenvalue weighted by atomic mass is 10.1. The molecule has 2 amide bonds. The fraction of sp³-hybridized carbons (Fsp3) is 0.273. The Morgan fingerprint density at radius 3 is 2.76 bits per heavy atom. The van der Waals surface area contributed by atoms with Gasteiger partial charge in [-0.2, -0.15) is 10.1 Å². The van der Waals surface area contributed by atoms with Gasteiger partial charge in [0.2, 0.25) is 5.91 Å². The summed E-state index contributed by atoms with van der Waals surface area (Å²) in [5.41, 5.74) is 5.52. The molecule has 2 aromatic heterocycles. The maximum atomic E-state index is 12.1. The van der Waals surface area contributed by atoms with Gasteiger partial charge in [0, 0.05) is 6.20 Å². The van der Waals surface area contributed by atoms with Gasteiger partial charge in [-0.1, -0.05) is 0 Å². The molecule has 0 saturated carbocycles. The Kier molecular flexibility index (Phi) is 3.78. The number of rotatable bonds is 5. The van der Waals surface area contributed by atoms with Gasteiger partial charge in [0.15, 0.2) is 0 Å². The van der Waals surface area contributed by atoms with Gasteiger partial charge in [-0.05, 0) is 6.92 Å². The number of aryl methyl sites for hydroxylation is 1. The highest BCUT2D eigenvalue weighted by Gasteiger charge is 2.24. The molecule has 110 valence electrons. The van der Waals surface area contributed by atoms with Crippen LogP contribution in [0.15, 0.2) is 12.5 Å².